The number of hydrogen-bond donors (Lipinski definition) is 3. The molecule has 2 atom stereocenters. The predicted molar refractivity (Wildman–Crippen MR) is 141 cm³/mol. The zero-order valence-corrected chi connectivity index (χ0v) is 21.0. The molecule has 0 spiro atoms. The van der Waals surface area contributed by atoms with Gasteiger partial charge in [-0.1, -0.05) is 36.4 Å². The number of aliphatic hydroxyl groups is 1. The third-order valence-corrected chi connectivity index (χ3v) is 5.67. The lowest BCUT2D eigenvalue weighted by Crippen LogP contribution is -2.31. The number of anilines is 1. The second-order valence-electron chi connectivity index (χ2n) is 8.45. The minimum Gasteiger partial charge on any atom is -0.491 e. The molecule has 10 nitrogen and oxygen atoms in total. The number of aliphatic hydroxyl groups excluding tert-OH is 1. The Morgan fingerprint density at radius 2 is 1.74 bits per heavy atom. The molecule has 0 fully saturated rings. The van der Waals surface area contributed by atoms with Crippen molar-refractivity contribution in [3.63, 3.8) is 0 Å². The van der Waals surface area contributed by atoms with Crippen molar-refractivity contribution in [2.24, 2.45) is 0 Å². The summed E-state index contributed by atoms with van der Waals surface area (Å²) in [6, 6.07) is 21.0. The summed E-state index contributed by atoms with van der Waals surface area (Å²) in [5.41, 5.74) is 1.09. The van der Waals surface area contributed by atoms with E-state index in [4.69, 9.17) is 33.9 Å². The normalized spacial score (nSPS) is 13.5. The average Bonchev–Trinajstić information content (AvgIpc) is 3.41. The van der Waals surface area contributed by atoms with Gasteiger partial charge in [-0.3, -0.25) is 5.32 Å². The van der Waals surface area contributed by atoms with Crippen molar-refractivity contribution in [3.8, 4) is 23.0 Å². The molecule has 3 aromatic rings. The van der Waals surface area contributed by atoms with Crippen molar-refractivity contribution >= 4 is 17.7 Å². The molecule has 1 heterocycles. The van der Waals surface area contributed by atoms with Crippen LogP contribution in [0.15, 0.2) is 84.9 Å². The maximum absolute atomic E-state index is 13.1. The number of fused-ring (bicyclic) bond motifs is 1. The molecular weight excluding hydrogens is 506 g/mol. The number of aliphatic carboxylic acids is 1. The number of carboxylic acids is 1. The Morgan fingerprint density at radius 1 is 0.974 bits per heavy atom. The number of carbonyl (C=O) groups excluding carboxylic acids is 1. The minimum absolute atomic E-state index is 0.109. The van der Waals surface area contributed by atoms with Gasteiger partial charge in [-0.25, -0.2) is 9.59 Å². The van der Waals surface area contributed by atoms with E-state index < -0.39 is 24.3 Å². The molecule has 0 saturated heterocycles. The standard InChI is InChI=1S/C29H29NO9/c31-16-17-35-22-13-10-20(11-14-22)28(39-29(34)30-21-12-15-24-26(18-21)37-19-36-24)25(8-4-5-9-27(32)33)38-23-6-2-1-3-7-23/h1-3,5-7,9-15,18,25,28,31H,4,8,16-17,19H2,(H,30,34)(H,32,33)/b9-5+/t25-,28-/m0/s1. The minimum atomic E-state index is -1.05. The zero-order valence-electron chi connectivity index (χ0n) is 21.0. The fourth-order valence-electron chi connectivity index (χ4n) is 3.90. The molecule has 1 aliphatic rings. The first kappa shape index (κ1) is 27.3. The summed E-state index contributed by atoms with van der Waals surface area (Å²) in [6.07, 6.45) is 1.05. The highest BCUT2D eigenvalue weighted by Gasteiger charge is 2.29. The Kier molecular flexibility index (Phi) is 9.63. The molecule has 0 saturated carbocycles. The van der Waals surface area contributed by atoms with Gasteiger partial charge in [0.25, 0.3) is 0 Å². The Labute approximate surface area is 225 Å². The first-order valence-corrected chi connectivity index (χ1v) is 12.3. The smallest absolute Gasteiger partial charge is 0.412 e. The SMILES string of the molecule is O=C(O)/C=C/CC[C@H](Oc1ccccc1)[C@@H](OC(=O)Nc1ccc2c(c1)OCO2)c1ccc(OCCO)cc1. The fraction of sp³-hybridized carbons (Fsp3) is 0.241. The average molecular weight is 536 g/mol. The van der Waals surface area contributed by atoms with E-state index in [2.05, 4.69) is 5.32 Å². The molecule has 0 radical (unpaired) electrons. The van der Waals surface area contributed by atoms with Gasteiger partial charge < -0.3 is 33.9 Å². The van der Waals surface area contributed by atoms with Crippen LogP contribution in [0.3, 0.4) is 0 Å². The molecule has 204 valence electrons. The van der Waals surface area contributed by atoms with Gasteiger partial charge in [-0.05, 0) is 54.8 Å². The number of amides is 1. The molecule has 4 rings (SSSR count). The highest BCUT2D eigenvalue weighted by Crippen LogP contribution is 2.35. The largest absolute Gasteiger partial charge is 0.491 e. The lowest BCUT2D eigenvalue weighted by molar-refractivity contribution is -0.131. The first-order chi connectivity index (χ1) is 19.0. The molecule has 10 heteroatoms. The molecule has 0 aromatic heterocycles. The molecule has 3 aromatic carbocycles. The quantitative estimate of drug-likeness (QED) is 0.260. The number of carbonyl (C=O) groups is 2. The Morgan fingerprint density at radius 3 is 2.49 bits per heavy atom. The van der Waals surface area contributed by atoms with Crippen LogP contribution in [0.2, 0.25) is 0 Å². The van der Waals surface area contributed by atoms with Crippen molar-refractivity contribution < 1.29 is 43.5 Å². The van der Waals surface area contributed by atoms with Gasteiger partial charge in [-0.2, -0.15) is 0 Å². The number of ether oxygens (including phenoxy) is 5. The molecule has 0 aliphatic carbocycles. The van der Waals surface area contributed by atoms with E-state index in [1.54, 1.807) is 54.6 Å². The molecule has 39 heavy (non-hydrogen) atoms. The van der Waals surface area contributed by atoms with E-state index >= 15 is 0 Å². The van der Waals surface area contributed by atoms with Gasteiger partial charge >= 0.3 is 12.1 Å². The highest BCUT2D eigenvalue weighted by molar-refractivity contribution is 5.85. The van der Waals surface area contributed by atoms with Gasteiger partial charge in [0, 0.05) is 17.8 Å². The van der Waals surface area contributed by atoms with Crippen LogP contribution in [0.4, 0.5) is 10.5 Å². The van der Waals surface area contributed by atoms with E-state index in [1.165, 1.54) is 6.08 Å². The molecule has 1 aliphatic heterocycles. The zero-order chi connectivity index (χ0) is 27.5. The number of carboxylic acid groups (broad SMARTS) is 1. The molecule has 3 N–H and O–H groups in total. The van der Waals surface area contributed by atoms with Gasteiger partial charge in [-0.15, -0.1) is 0 Å². The monoisotopic (exact) mass is 535 g/mol. The number of allylic oxidation sites excluding steroid dienone is 1. The third kappa shape index (κ3) is 8.14. The first-order valence-electron chi connectivity index (χ1n) is 12.3. The van der Waals surface area contributed by atoms with Crippen molar-refractivity contribution in [2.75, 3.05) is 25.3 Å². The highest BCUT2D eigenvalue weighted by atomic mass is 16.7. The Hall–Kier alpha value is -4.70. The van der Waals surface area contributed by atoms with Crippen LogP contribution in [0.1, 0.15) is 24.5 Å². The molecule has 0 unspecified atom stereocenters. The van der Waals surface area contributed by atoms with E-state index in [0.29, 0.717) is 47.1 Å². The maximum Gasteiger partial charge on any atom is 0.412 e. The second-order valence-corrected chi connectivity index (χ2v) is 8.45. The van der Waals surface area contributed by atoms with Crippen LogP contribution in [-0.4, -0.2) is 48.4 Å². The van der Waals surface area contributed by atoms with Crippen LogP contribution in [0.25, 0.3) is 0 Å². The van der Waals surface area contributed by atoms with Crippen LogP contribution < -0.4 is 24.3 Å². The van der Waals surface area contributed by atoms with Gasteiger partial charge in [0.05, 0.1) is 6.61 Å². The summed E-state index contributed by atoms with van der Waals surface area (Å²) in [4.78, 5) is 24.0. The van der Waals surface area contributed by atoms with Crippen molar-refractivity contribution in [1.29, 1.82) is 0 Å². The van der Waals surface area contributed by atoms with E-state index in [0.717, 1.165) is 6.08 Å². The van der Waals surface area contributed by atoms with Crippen LogP contribution >= 0.6 is 0 Å². The summed E-state index contributed by atoms with van der Waals surface area (Å²) in [5.74, 6) is 1.16. The fourth-order valence-corrected chi connectivity index (χ4v) is 3.90. The summed E-state index contributed by atoms with van der Waals surface area (Å²) < 4.78 is 28.3. The van der Waals surface area contributed by atoms with E-state index in [9.17, 15) is 9.59 Å². The third-order valence-electron chi connectivity index (χ3n) is 5.67. The van der Waals surface area contributed by atoms with E-state index in [-0.39, 0.29) is 20.0 Å². The summed E-state index contributed by atoms with van der Waals surface area (Å²) in [5, 5.41) is 20.7. The van der Waals surface area contributed by atoms with Gasteiger partial charge in [0.2, 0.25) is 6.79 Å². The van der Waals surface area contributed by atoms with Crippen LogP contribution in [-0.2, 0) is 9.53 Å². The van der Waals surface area contributed by atoms with Crippen LogP contribution in [0.5, 0.6) is 23.0 Å². The molecule has 1 amide bonds. The van der Waals surface area contributed by atoms with Crippen molar-refractivity contribution in [3.05, 3.63) is 90.5 Å². The summed E-state index contributed by atoms with van der Waals surface area (Å²) in [6.45, 7) is 0.134. The summed E-state index contributed by atoms with van der Waals surface area (Å²) >= 11 is 0. The van der Waals surface area contributed by atoms with Crippen LogP contribution in [0, 0.1) is 0 Å². The summed E-state index contributed by atoms with van der Waals surface area (Å²) in [7, 11) is 0. The number of hydrogen-bond acceptors (Lipinski definition) is 8. The van der Waals surface area contributed by atoms with Gasteiger partial charge in [0.1, 0.15) is 24.2 Å². The van der Waals surface area contributed by atoms with E-state index in [1.807, 2.05) is 18.2 Å². The number of benzene rings is 3. The number of nitrogens with one attached hydrogen (secondary N) is 1. The molecule has 0 bridgehead atoms. The maximum atomic E-state index is 13.1. The van der Waals surface area contributed by atoms with Gasteiger partial charge in [0.15, 0.2) is 17.6 Å². The lowest BCUT2D eigenvalue weighted by Gasteiger charge is -2.28. The number of para-hydroxylation sites is 1. The van der Waals surface area contributed by atoms with Crippen molar-refractivity contribution in [1.82, 2.24) is 0 Å². The predicted octanol–water partition coefficient (Wildman–Crippen LogP) is 4.94. The van der Waals surface area contributed by atoms with Crippen molar-refractivity contribution in [2.45, 2.75) is 25.0 Å². The lowest BCUT2D eigenvalue weighted by atomic mass is 10.00. The Balaban J connectivity index is 1.58. The molecular formula is C29H29NO9. The number of rotatable bonds is 13. The topological polar surface area (TPSA) is 133 Å². The Bertz CT molecular complexity index is 1260. The second kappa shape index (κ2) is 13.7.